The maximum Gasteiger partial charge on any atom is 0.118 e. The van der Waals surface area contributed by atoms with Crippen LogP contribution in [0.1, 0.15) is 18.0 Å². The molecule has 0 saturated carbocycles. The fraction of sp³-hybridized carbons (Fsp3) is 0.278. The Morgan fingerprint density at radius 1 is 1.10 bits per heavy atom. The first-order valence-electron chi connectivity index (χ1n) is 7.40. The molecule has 3 nitrogen and oxygen atoms in total. The van der Waals surface area contributed by atoms with Crippen LogP contribution in [0.5, 0.6) is 5.75 Å². The summed E-state index contributed by atoms with van der Waals surface area (Å²) in [5.74, 6) is 0.894. The van der Waals surface area contributed by atoms with E-state index in [1.165, 1.54) is 16.4 Å². The first kappa shape index (κ1) is 12.6. The molecule has 0 unspecified atom stereocenters. The summed E-state index contributed by atoms with van der Waals surface area (Å²) >= 11 is 0. The summed E-state index contributed by atoms with van der Waals surface area (Å²) in [6.07, 6.45) is 1.08. The molecule has 2 aromatic carbocycles. The minimum Gasteiger partial charge on any atom is -0.497 e. The van der Waals surface area contributed by atoms with Crippen LogP contribution in [0.3, 0.4) is 0 Å². The van der Waals surface area contributed by atoms with Crippen LogP contribution in [-0.2, 0) is 0 Å². The average molecular weight is 278 g/mol. The molecular formula is C18H18N2O. The van der Waals surface area contributed by atoms with Gasteiger partial charge in [0.15, 0.2) is 0 Å². The maximum atomic E-state index is 5.24. The molecule has 4 rings (SSSR count). The van der Waals surface area contributed by atoms with Gasteiger partial charge >= 0.3 is 0 Å². The van der Waals surface area contributed by atoms with Crippen molar-refractivity contribution < 1.29 is 4.74 Å². The molecule has 0 amide bonds. The van der Waals surface area contributed by atoms with E-state index in [1.807, 2.05) is 12.1 Å². The molecular weight excluding hydrogens is 260 g/mol. The lowest BCUT2D eigenvalue weighted by Gasteiger charge is -2.31. The van der Waals surface area contributed by atoms with E-state index in [0.29, 0.717) is 0 Å². The van der Waals surface area contributed by atoms with Crippen LogP contribution in [0, 0.1) is 0 Å². The summed E-state index contributed by atoms with van der Waals surface area (Å²) < 4.78 is 5.24. The van der Waals surface area contributed by atoms with E-state index in [9.17, 15) is 0 Å². The highest BCUT2D eigenvalue weighted by Gasteiger charge is 2.32. The third kappa shape index (κ3) is 2.05. The summed E-state index contributed by atoms with van der Waals surface area (Å²) in [6, 6.07) is 17.3. The molecule has 106 valence electrons. The summed E-state index contributed by atoms with van der Waals surface area (Å²) in [7, 11) is 1.70. The van der Waals surface area contributed by atoms with Gasteiger partial charge in [-0.05, 0) is 42.3 Å². The quantitative estimate of drug-likeness (QED) is 0.905. The van der Waals surface area contributed by atoms with Crippen LogP contribution >= 0.6 is 0 Å². The number of hydrogen-bond acceptors (Lipinski definition) is 3. The van der Waals surface area contributed by atoms with E-state index in [-0.39, 0.29) is 12.1 Å². The van der Waals surface area contributed by atoms with Gasteiger partial charge in [0.1, 0.15) is 5.75 Å². The number of hydrogen-bond donors (Lipinski definition) is 1. The zero-order valence-corrected chi connectivity index (χ0v) is 12.0. The van der Waals surface area contributed by atoms with Crippen LogP contribution in [-0.4, -0.2) is 19.7 Å². The van der Waals surface area contributed by atoms with Crippen LogP contribution in [0.4, 0.5) is 0 Å². The van der Waals surface area contributed by atoms with Gasteiger partial charge in [0.25, 0.3) is 0 Å². The zero-order chi connectivity index (χ0) is 14.2. The second-order valence-electron chi connectivity index (χ2n) is 5.57. The molecule has 1 saturated heterocycles. The number of piperidine rings is 1. The SMILES string of the molecule is COc1ccc([C@H]2NCCC3=c4ccccc4=N[C@@H]32)cc1. The second kappa shape index (κ2) is 5.01. The number of fused-ring (bicyclic) bond motifs is 2. The Hall–Kier alpha value is -2.13. The third-order valence-electron chi connectivity index (χ3n) is 4.43. The Balaban J connectivity index is 1.76. The van der Waals surface area contributed by atoms with Crippen molar-refractivity contribution in [2.75, 3.05) is 13.7 Å². The fourth-order valence-electron chi connectivity index (χ4n) is 3.39. The smallest absolute Gasteiger partial charge is 0.118 e. The number of ether oxygens (including phenoxy) is 1. The van der Waals surface area contributed by atoms with Crippen LogP contribution in [0.2, 0.25) is 0 Å². The molecule has 0 radical (unpaired) electrons. The highest BCUT2D eigenvalue weighted by atomic mass is 16.5. The van der Waals surface area contributed by atoms with Gasteiger partial charge in [-0.25, -0.2) is 0 Å². The monoisotopic (exact) mass is 278 g/mol. The molecule has 1 N–H and O–H groups in total. The van der Waals surface area contributed by atoms with Crippen LogP contribution in [0.25, 0.3) is 5.57 Å². The Kier molecular flexibility index (Phi) is 3.00. The number of benzene rings is 2. The molecule has 2 atom stereocenters. The summed E-state index contributed by atoms with van der Waals surface area (Å²) in [4.78, 5) is 4.94. The van der Waals surface area contributed by atoms with Crippen LogP contribution < -0.4 is 20.6 Å². The summed E-state index contributed by atoms with van der Waals surface area (Å²) in [5.41, 5.74) is 2.75. The van der Waals surface area contributed by atoms with Gasteiger partial charge in [-0.15, -0.1) is 0 Å². The van der Waals surface area contributed by atoms with Gasteiger partial charge in [0.05, 0.1) is 24.6 Å². The molecule has 2 aliphatic heterocycles. The van der Waals surface area contributed by atoms with E-state index in [0.717, 1.165) is 24.1 Å². The van der Waals surface area contributed by atoms with Crippen LogP contribution in [0.15, 0.2) is 53.5 Å². The number of rotatable bonds is 2. The molecule has 2 heterocycles. The van der Waals surface area contributed by atoms with Gasteiger partial charge in [-0.1, -0.05) is 30.3 Å². The van der Waals surface area contributed by atoms with Gasteiger partial charge in [0.2, 0.25) is 0 Å². The number of methoxy groups -OCH3 is 1. The number of nitrogens with one attached hydrogen (secondary N) is 1. The summed E-state index contributed by atoms with van der Waals surface area (Å²) in [6.45, 7) is 1.01. The van der Waals surface area contributed by atoms with E-state index < -0.39 is 0 Å². The Labute approximate surface area is 124 Å². The molecule has 21 heavy (non-hydrogen) atoms. The minimum absolute atomic E-state index is 0.226. The van der Waals surface area contributed by atoms with E-state index in [4.69, 9.17) is 9.73 Å². The lowest BCUT2D eigenvalue weighted by Crippen LogP contribution is -2.38. The van der Waals surface area contributed by atoms with Crippen molar-refractivity contribution in [1.82, 2.24) is 5.32 Å². The number of nitrogens with zero attached hydrogens (tertiary/aromatic N) is 1. The molecule has 1 fully saturated rings. The Morgan fingerprint density at radius 2 is 1.90 bits per heavy atom. The molecule has 2 aliphatic rings. The van der Waals surface area contributed by atoms with Crippen molar-refractivity contribution >= 4 is 5.57 Å². The predicted octanol–water partition coefficient (Wildman–Crippen LogP) is 1.58. The first-order chi connectivity index (χ1) is 10.4. The van der Waals surface area contributed by atoms with E-state index in [1.54, 1.807) is 7.11 Å². The highest BCUT2D eigenvalue weighted by molar-refractivity contribution is 5.57. The van der Waals surface area contributed by atoms with Crippen molar-refractivity contribution in [3.8, 4) is 5.75 Å². The number of para-hydroxylation sites is 1. The summed E-state index contributed by atoms with van der Waals surface area (Å²) in [5, 5.41) is 6.10. The maximum absolute atomic E-state index is 5.24. The molecule has 3 heteroatoms. The topological polar surface area (TPSA) is 33.6 Å². The average Bonchev–Trinajstić information content (AvgIpc) is 2.94. The second-order valence-corrected chi connectivity index (χ2v) is 5.57. The molecule has 0 spiro atoms. The highest BCUT2D eigenvalue weighted by Crippen LogP contribution is 2.31. The van der Waals surface area contributed by atoms with E-state index >= 15 is 0 Å². The van der Waals surface area contributed by atoms with Crippen molar-refractivity contribution in [2.24, 2.45) is 4.99 Å². The largest absolute Gasteiger partial charge is 0.497 e. The van der Waals surface area contributed by atoms with Crippen molar-refractivity contribution in [3.05, 3.63) is 64.7 Å². The zero-order valence-electron chi connectivity index (χ0n) is 12.0. The van der Waals surface area contributed by atoms with Gasteiger partial charge in [0, 0.05) is 5.22 Å². The van der Waals surface area contributed by atoms with Crippen molar-refractivity contribution in [2.45, 2.75) is 18.5 Å². The van der Waals surface area contributed by atoms with Gasteiger partial charge in [-0.2, -0.15) is 0 Å². The third-order valence-corrected chi connectivity index (χ3v) is 4.43. The lowest BCUT2D eigenvalue weighted by molar-refractivity contribution is 0.413. The standard InChI is InChI=1S/C18H18N2O/c1-21-13-8-6-12(7-9-13)17-18-15(10-11-19-17)14-4-2-3-5-16(14)20-18/h2-9,17-19H,10-11H2,1H3/t17-,18+/m1/s1. The Morgan fingerprint density at radius 3 is 2.71 bits per heavy atom. The Bertz CT molecular complexity index is 780. The van der Waals surface area contributed by atoms with E-state index in [2.05, 4.69) is 41.7 Å². The minimum atomic E-state index is 0.226. The lowest BCUT2D eigenvalue weighted by atomic mass is 9.88. The van der Waals surface area contributed by atoms with Gasteiger partial charge in [-0.3, -0.25) is 4.99 Å². The fourth-order valence-corrected chi connectivity index (χ4v) is 3.39. The predicted molar refractivity (Wildman–Crippen MR) is 82.8 cm³/mol. The molecule has 0 aromatic heterocycles. The molecule has 0 aliphatic carbocycles. The van der Waals surface area contributed by atoms with Gasteiger partial charge < -0.3 is 10.1 Å². The van der Waals surface area contributed by atoms with Crippen molar-refractivity contribution in [1.29, 1.82) is 0 Å². The van der Waals surface area contributed by atoms with Crippen molar-refractivity contribution in [3.63, 3.8) is 0 Å². The molecule has 0 bridgehead atoms. The first-order valence-corrected chi connectivity index (χ1v) is 7.40. The molecule has 2 aromatic rings. The normalized spacial score (nSPS) is 23.2.